The molecule has 0 heterocycles. The molecule has 0 unspecified atom stereocenters. The topological polar surface area (TPSA) is 21.3 Å². The van der Waals surface area contributed by atoms with E-state index in [1.807, 2.05) is 18.2 Å². The summed E-state index contributed by atoms with van der Waals surface area (Å²) in [5.74, 6) is 0.905. The number of hydrogen-bond donors (Lipinski definition) is 1. The van der Waals surface area contributed by atoms with Crippen molar-refractivity contribution in [3.63, 3.8) is 0 Å². The third-order valence-corrected chi connectivity index (χ3v) is 4.06. The normalized spacial score (nSPS) is 10.5. The number of rotatable bonds is 6. The van der Waals surface area contributed by atoms with Gasteiger partial charge in [0, 0.05) is 16.0 Å². The summed E-state index contributed by atoms with van der Waals surface area (Å²) in [6, 6.07) is 12.0. The standard InChI is InChI=1S/C17H19BrClNO/c1-3-8-21-17-9-12(2)4-7-16(17)20-11-13-5-6-14(19)10-15(13)18/h4-7,9-10,20H,3,8,11H2,1-2H3. The molecule has 0 aliphatic carbocycles. The Kier molecular flexibility index (Phi) is 5.95. The van der Waals surface area contributed by atoms with Crippen molar-refractivity contribution >= 4 is 33.2 Å². The number of halogens is 2. The molecule has 2 aromatic rings. The molecule has 0 aromatic heterocycles. The Morgan fingerprint density at radius 2 is 2.00 bits per heavy atom. The van der Waals surface area contributed by atoms with Gasteiger partial charge in [0.25, 0.3) is 0 Å². The van der Waals surface area contributed by atoms with E-state index in [-0.39, 0.29) is 0 Å². The predicted octanol–water partition coefficient (Wildman–Crippen LogP) is 5.81. The Balaban J connectivity index is 2.11. The van der Waals surface area contributed by atoms with Gasteiger partial charge in [-0.05, 0) is 48.7 Å². The molecule has 0 saturated heterocycles. The van der Waals surface area contributed by atoms with Crippen LogP contribution in [0.2, 0.25) is 5.02 Å². The van der Waals surface area contributed by atoms with Crippen molar-refractivity contribution in [1.29, 1.82) is 0 Å². The average Bonchev–Trinajstić information content (AvgIpc) is 2.45. The molecule has 4 heteroatoms. The number of ether oxygens (including phenoxy) is 1. The molecule has 1 N–H and O–H groups in total. The third-order valence-electron chi connectivity index (χ3n) is 3.08. The molecule has 0 saturated carbocycles. The lowest BCUT2D eigenvalue weighted by Crippen LogP contribution is -2.04. The van der Waals surface area contributed by atoms with Gasteiger partial charge in [0.1, 0.15) is 5.75 Å². The van der Waals surface area contributed by atoms with E-state index in [2.05, 4.69) is 53.3 Å². The zero-order chi connectivity index (χ0) is 15.2. The molecule has 0 aliphatic heterocycles. The molecule has 0 amide bonds. The van der Waals surface area contributed by atoms with Gasteiger partial charge in [-0.3, -0.25) is 0 Å². The molecule has 0 bridgehead atoms. The Morgan fingerprint density at radius 1 is 1.19 bits per heavy atom. The highest BCUT2D eigenvalue weighted by molar-refractivity contribution is 9.10. The fourth-order valence-corrected chi connectivity index (χ4v) is 2.79. The second kappa shape index (κ2) is 7.71. The molecule has 0 radical (unpaired) electrons. The Bertz CT molecular complexity index is 616. The van der Waals surface area contributed by atoms with Crippen LogP contribution in [0.3, 0.4) is 0 Å². The summed E-state index contributed by atoms with van der Waals surface area (Å²) in [4.78, 5) is 0. The summed E-state index contributed by atoms with van der Waals surface area (Å²) in [5, 5.41) is 4.16. The Hall–Kier alpha value is -1.19. The maximum absolute atomic E-state index is 5.96. The highest BCUT2D eigenvalue weighted by Crippen LogP contribution is 2.28. The molecule has 0 spiro atoms. The van der Waals surface area contributed by atoms with Crippen LogP contribution < -0.4 is 10.1 Å². The van der Waals surface area contributed by atoms with E-state index >= 15 is 0 Å². The summed E-state index contributed by atoms with van der Waals surface area (Å²) in [6.07, 6.45) is 0.996. The fraction of sp³-hybridized carbons (Fsp3) is 0.294. The van der Waals surface area contributed by atoms with Gasteiger partial charge in [-0.15, -0.1) is 0 Å². The van der Waals surface area contributed by atoms with E-state index in [0.717, 1.165) is 39.5 Å². The van der Waals surface area contributed by atoms with Crippen molar-refractivity contribution in [2.45, 2.75) is 26.8 Å². The molecule has 2 rings (SSSR count). The minimum atomic E-state index is 0.712. The van der Waals surface area contributed by atoms with Crippen LogP contribution in [0.5, 0.6) is 5.75 Å². The Morgan fingerprint density at radius 3 is 2.71 bits per heavy atom. The molecule has 2 nitrogen and oxygen atoms in total. The predicted molar refractivity (Wildman–Crippen MR) is 93.4 cm³/mol. The first kappa shape index (κ1) is 16.2. The summed E-state index contributed by atoms with van der Waals surface area (Å²) in [6.45, 7) is 5.61. The van der Waals surface area contributed by atoms with Gasteiger partial charge in [-0.25, -0.2) is 0 Å². The zero-order valence-corrected chi connectivity index (χ0v) is 14.6. The maximum Gasteiger partial charge on any atom is 0.142 e. The van der Waals surface area contributed by atoms with Crippen molar-refractivity contribution in [3.8, 4) is 5.75 Å². The largest absolute Gasteiger partial charge is 0.491 e. The van der Waals surface area contributed by atoms with Gasteiger partial charge >= 0.3 is 0 Å². The lowest BCUT2D eigenvalue weighted by Gasteiger charge is -2.14. The first-order valence-electron chi connectivity index (χ1n) is 7.01. The molecule has 0 fully saturated rings. The lowest BCUT2D eigenvalue weighted by atomic mass is 10.2. The van der Waals surface area contributed by atoms with Crippen molar-refractivity contribution in [2.24, 2.45) is 0 Å². The van der Waals surface area contributed by atoms with Gasteiger partial charge in [-0.2, -0.15) is 0 Å². The minimum absolute atomic E-state index is 0.712. The Labute approximate surface area is 139 Å². The molecular weight excluding hydrogens is 350 g/mol. The van der Waals surface area contributed by atoms with Crippen molar-refractivity contribution in [3.05, 3.63) is 57.0 Å². The highest BCUT2D eigenvalue weighted by Gasteiger charge is 2.06. The van der Waals surface area contributed by atoms with Crippen LogP contribution in [0.4, 0.5) is 5.69 Å². The van der Waals surface area contributed by atoms with Crippen LogP contribution in [0.1, 0.15) is 24.5 Å². The average molecular weight is 369 g/mol. The fourth-order valence-electron chi connectivity index (χ4n) is 1.96. The van der Waals surface area contributed by atoms with Crippen LogP contribution in [0.15, 0.2) is 40.9 Å². The summed E-state index contributed by atoms with van der Waals surface area (Å²) >= 11 is 9.50. The van der Waals surface area contributed by atoms with Crippen molar-refractivity contribution in [2.75, 3.05) is 11.9 Å². The smallest absolute Gasteiger partial charge is 0.142 e. The quantitative estimate of drug-likeness (QED) is 0.694. The van der Waals surface area contributed by atoms with E-state index < -0.39 is 0 Å². The van der Waals surface area contributed by atoms with E-state index in [1.165, 1.54) is 5.56 Å². The van der Waals surface area contributed by atoms with Gasteiger partial charge in [0.2, 0.25) is 0 Å². The van der Waals surface area contributed by atoms with Gasteiger partial charge in [-0.1, -0.05) is 46.6 Å². The van der Waals surface area contributed by atoms with Crippen LogP contribution in [-0.2, 0) is 6.54 Å². The van der Waals surface area contributed by atoms with E-state index in [0.29, 0.717) is 6.54 Å². The highest BCUT2D eigenvalue weighted by atomic mass is 79.9. The molecule has 0 atom stereocenters. The molecular formula is C17H19BrClNO. The monoisotopic (exact) mass is 367 g/mol. The molecule has 112 valence electrons. The van der Waals surface area contributed by atoms with Crippen molar-refractivity contribution < 1.29 is 4.74 Å². The van der Waals surface area contributed by atoms with E-state index in [4.69, 9.17) is 16.3 Å². The number of nitrogens with one attached hydrogen (secondary N) is 1. The second-order valence-electron chi connectivity index (χ2n) is 4.94. The maximum atomic E-state index is 5.96. The third kappa shape index (κ3) is 4.65. The molecule has 21 heavy (non-hydrogen) atoms. The minimum Gasteiger partial charge on any atom is -0.491 e. The molecule has 2 aromatic carbocycles. The van der Waals surface area contributed by atoms with E-state index in [9.17, 15) is 0 Å². The lowest BCUT2D eigenvalue weighted by molar-refractivity contribution is 0.318. The number of aryl methyl sites for hydroxylation is 1. The van der Waals surface area contributed by atoms with Crippen LogP contribution in [-0.4, -0.2) is 6.61 Å². The summed E-state index contributed by atoms with van der Waals surface area (Å²) < 4.78 is 6.81. The first-order valence-corrected chi connectivity index (χ1v) is 8.18. The molecule has 0 aliphatic rings. The van der Waals surface area contributed by atoms with Gasteiger partial charge < -0.3 is 10.1 Å². The van der Waals surface area contributed by atoms with Gasteiger partial charge in [0.05, 0.1) is 12.3 Å². The number of hydrogen-bond acceptors (Lipinski definition) is 2. The number of anilines is 1. The first-order chi connectivity index (χ1) is 10.1. The second-order valence-corrected chi connectivity index (χ2v) is 6.23. The van der Waals surface area contributed by atoms with Crippen LogP contribution >= 0.6 is 27.5 Å². The number of benzene rings is 2. The SMILES string of the molecule is CCCOc1cc(C)ccc1NCc1ccc(Cl)cc1Br. The van der Waals surface area contributed by atoms with Crippen molar-refractivity contribution in [1.82, 2.24) is 0 Å². The van der Waals surface area contributed by atoms with Gasteiger partial charge in [0.15, 0.2) is 0 Å². The van der Waals surface area contributed by atoms with Crippen LogP contribution in [0.25, 0.3) is 0 Å². The summed E-state index contributed by atoms with van der Waals surface area (Å²) in [7, 11) is 0. The summed E-state index contributed by atoms with van der Waals surface area (Å²) in [5.41, 5.74) is 3.36. The zero-order valence-electron chi connectivity index (χ0n) is 12.2. The van der Waals surface area contributed by atoms with Crippen LogP contribution in [0, 0.1) is 6.92 Å². The van der Waals surface area contributed by atoms with E-state index in [1.54, 1.807) is 0 Å².